The van der Waals surface area contributed by atoms with E-state index in [1.807, 2.05) is 0 Å². The van der Waals surface area contributed by atoms with Crippen molar-refractivity contribution >= 4 is 15.7 Å². The fraction of sp³-hybridized carbons (Fsp3) is 0.455. The zero-order chi connectivity index (χ0) is 12.3. The van der Waals surface area contributed by atoms with Crippen molar-refractivity contribution in [2.45, 2.75) is 6.42 Å². The molecule has 0 spiro atoms. The van der Waals surface area contributed by atoms with E-state index >= 15 is 0 Å². The quantitative estimate of drug-likeness (QED) is 0.816. The van der Waals surface area contributed by atoms with Gasteiger partial charge in [-0.15, -0.1) is 0 Å². The molecule has 2 rings (SSSR count). The molecule has 0 radical (unpaired) electrons. The van der Waals surface area contributed by atoms with Crippen molar-refractivity contribution in [1.82, 2.24) is 4.72 Å². The van der Waals surface area contributed by atoms with Gasteiger partial charge in [0, 0.05) is 25.3 Å². The second-order valence-electron chi connectivity index (χ2n) is 4.03. The number of sulfonamides is 1. The number of rotatable bonds is 1. The number of nitrogens with one attached hydrogen (secondary N) is 1. The van der Waals surface area contributed by atoms with Crippen LogP contribution in [0.15, 0.2) is 24.3 Å². The minimum atomic E-state index is -3.09. The average Bonchev–Trinajstić information content (AvgIpc) is 2.25. The predicted octanol–water partition coefficient (Wildman–Crippen LogP) is 0.955. The Morgan fingerprint density at radius 2 is 1.88 bits per heavy atom. The van der Waals surface area contributed by atoms with Gasteiger partial charge >= 0.3 is 0 Å². The van der Waals surface area contributed by atoms with Crippen molar-refractivity contribution in [3.05, 3.63) is 30.1 Å². The van der Waals surface area contributed by atoms with Crippen LogP contribution in [0.2, 0.25) is 0 Å². The van der Waals surface area contributed by atoms with Gasteiger partial charge in [-0.1, -0.05) is 0 Å². The van der Waals surface area contributed by atoms with E-state index in [0.717, 1.165) is 5.69 Å². The summed E-state index contributed by atoms with van der Waals surface area (Å²) in [5, 5.41) is 0. The highest BCUT2D eigenvalue weighted by Crippen LogP contribution is 2.15. The molecule has 1 aliphatic rings. The lowest BCUT2D eigenvalue weighted by Gasteiger charge is -2.27. The molecule has 0 saturated carbocycles. The molecule has 1 N–H and O–H groups in total. The first-order chi connectivity index (χ1) is 8.07. The Hall–Kier alpha value is -1.14. The highest BCUT2D eigenvalue weighted by Gasteiger charge is 2.16. The smallest absolute Gasteiger partial charge is 0.211 e. The van der Waals surface area contributed by atoms with Crippen molar-refractivity contribution in [3.8, 4) is 0 Å². The van der Waals surface area contributed by atoms with Crippen LogP contribution in [0.25, 0.3) is 0 Å². The molecule has 0 unspecified atom stereocenters. The molecule has 0 aliphatic carbocycles. The average molecular weight is 258 g/mol. The zero-order valence-electron chi connectivity index (χ0n) is 9.39. The fourth-order valence-electron chi connectivity index (χ4n) is 1.88. The van der Waals surface area contributed by atoms with Gasteiger partial charge in [-0.2, -0.15) is 0 Å². The number of anilines is 1. The van der Waals surface area contributed by atoms with Gasteiger partial charge in [0.25, 0.3) is 0 Å². The van der Waals surface area contributed by atoms with Gasteiger partial charge in [-0.25, -0.2) is 17.5 Å². The van der Waals surface area contributed by atoms with Gasteiger partial charge in [0.2, 0.25) is 10.0 Å². The summed E-state index contributed by atoms with van der Waals surface area (Å²) >= 11 is 0. The Morgan fingerprint density at radius 1 is 1.18 bits per heavy atom. The van der Waals surface area contributed by atoms with Crippen LogP contribution < -0.4 is 9.62 Å². The van der Waals surface area contributed by atoms with E-state index in [9.17, 15) is 12.8 Å². The molecule has 0 aromatic heterocycles. The highest BCUT2D eigenvalue weighted by molar-refractivity contribution is 7.89. The number of hydrogen-bond acceptors (Lipinski definition) is 3. The summed E-state index contributed by atoms with van der Waals surface area (Å²) in [5.41, 5.74) is 0.924. The van der Waals surface area contributed by atoms with Gasteiger partial charge in [0.1, 0.15) is 5.82 Å². The maximum Gasteiger partial charge on any atom is 0.211 e. The van der Waals surface area contributed by atoms with E-state index in [1.165, 1.54) is 12.1 Å². The number of nitrogens with zero attached hydrogens (tertiary/aromatic N) is 1. The largest absolute Gasteiger partial charge is 0.370 e. The molecule has 4 nitrogen and oxygen atoms in total. The van der Waals surface area contributed by atoms with Crippen molar-refractivity contribution in [2.24, 2.45) is 0 Å². The summed E-state index contributed by atoms with van der Waals surface area (Å²) < 4.78 is 38.0. The van der Waals surface area contributed by atoms with Crippen molar-refractivity contribution in [1.29, 1.82) is 0 Å². The lowest BCUT2D eigenvalue weighted by Crippen LogP contribution is -2.40. The van der Waals surface area contributed by atoms with Crippen molar-refractivity contribution < 1.29 is 12.8 Å². The zero-order valence-corrected chi connectivity index (χ0v) is 10.2. The van der Waals surface area contributed by atoms with Crippen LogP contribution in [-0.4, -0.2) is 33.8 Å². The molecule has 0 atom stereocenters. The Balaban J connectivity index is 2.05. The van der Waals surface area contributed by atoms with Gasteiger partial charge in [-0.05, 0) is 30.7 Å². The Morgan fingerprint density at radius 3 is 2.59 bits per heavy atom. The Labute approximate surface area is 100 Å². The van der Waals surface area contributed by atoms with Gasteiger partial charge in [-0.3, -0.25) is 0 Å². The molecule has 94 valence electrons. The Kier molecular flexibility index (Phi) is 3.63. The third kappa shape index (κ3) is 3.41. The van der Waals surface area contributed by atoms with E-state index in [-0.39, 0.29) is 11.6 Å². The summed E-state index contributed by atoms with van der Waals surface area (Å²) in [7, 11) is -3.09. The molecule has 0 bridgehead atoms. The molecule has 1 saturated heterocycles. The monoisotopic (exact) mass is 258 g/mol. The van der Waals surface area contributed by atoms with E-state index in [2.05, 4.69) is 9.62 Å². The van der Waals surface area contributed by atoms with Gasteiger partial charge in [0.15, 0.2) is 0 Å². The molecular weight excluding hydrogens is 243 g/mol. The normalized spacial score (nSPS) is 20.6. The second kappa shape index (κ2) is 5.01. The third-order valence-corrected chi connectivity index (χ3v) is 4.21. The lowest BCUT2D eigenvalue weighted by atomic mass is 10.2. The lowest BCUT2D eigenvalue weighted by molar-refractivity contribution is 0.570. The molecule has 0 amide bonds. The first-order valence-corrected chi connectivity index (χ1v) is 7.20. The molecule has 1 aromatic rings. The van der Waals surface area contributed by atoms with Crippen molar-refractivity contribution in [3.63, 3.8) is 0 Å². The molecule has 1 fully saturated rings. The fourth-order valence-corrected chi connectivity index (χ4v) is 2.93. The van der Waals surface area contributed by atoms with Crippen LogP contribution in [0.4, 0.5) is 10.1 Å². The predicted molar refractivity (Wildman–Crippen MR) is 65.0 cm³/mol. The van der Waals surface area contributed by atoms with Gasteiger partial charge in [0.05, 0.1) is 5.75 Å². The van der Waals surface area contributed by atoms with E-state index in [4.69, 9.17) is 0 Å². The molecule has 1 aromatic carbocycles. The Bertz CT molecular complexity index is 457. The number of hydrogen-bond donors (Lipinski definition) is 1. The first kappa shape index (κ1) is 12.3. The minimum absolute atomic E-state index is 0.144. The second-order valence-corrected chi connectivity index (χ2v) is 5.96. The maximum absolute atomic E-state index is 12.8. The topological polar surface area (TPSA) is 49.4 Å². The summed E-state index contributed by atoms with van der Waals surface area (Å²) in [6.45, 7) is 1.66. The van der Waals surface area contributed by atoms with Crippen LogP contribution in [-0.2, 0) is 10.0 Å². The molecule has 1 aliphatic heterocycles. The van der Waals surface area contributed by atoms with Crippen LogP contribution >= 0.6 is 0 Å². The highest BCUT2D eigenvalue weighted by atomic mass is 32.2. The van der Waals surface area contributed by atoms with Crippen LogP contribution in [0.5, 0.6) is 0 Å². The van der Waals surface area contributed by atoms with Crippen LogP contribution in [0.1, 0.15) is 6.42 Å². The SMILES string of the molecule is O=S1(=O)CCCN(c2ccc(F)cc2)CCN1. The van der Waals surface area contributed by atoms with Crippen LogP contribution in [0, 0.1) is 5.82 Å². The minimum Gasteiger partial charge on any atom is -0.370 e. The van der Waals surface area contributed by atoms with E-state index in [0.29, 0.717) is 26.1 Å². The van der Waals surface area contributed by atoms with E-state index in [1.54, 1.807) is 12.1 Å². The van der Waals surface area contributed by atoms with Gasteiger partial charge < -0.3 is 4.90 Å². The summed E-state index contributed by atoms with van der Waals surface area (Å²) in [4.78, 5) is 2.06. The first-order valence-electron chi connectivity index (χ1n) is 5.55. The maximum atomic E-state index is 12.8. The standard InChI is InChI=1S/C11H15FN2O2S/c12-10-2-4-11(5-3-10)14-7-1-9-17(15,16)13-6-8-14/h2-5,13H,1,6-9H2. The number of halogens is 1. The van der Waals surface area contributed by atoms with E-state index < -0.39 is 10.0 Å². The van der Waals surface area contributed by atoms with Crippen LogP contribution in [0.3, 0.4) is 0 Å². The summed E-state index contributed by atoms with van der Waals surface area (Å²) in [5.74, 6) is -0.119. The molecule has 6 heteroatoms. The third-order valence-electron chi connectivity index (χ3n) is 2.74. The van der Waals surface area contributed by atoms with Crippen molar-refractivity contribution in [2.75, 3.05) is 30.3 Å². The summed E-state index contributed by atoms with van der Waals surface area (Å²) in [6, 6.07) is 6.26. The summed E-state index contributed by atoms with van der Waals surface area (Å²) in [6.07, 6.45) is 0.576. The molecular formula is C11H15FN2O2S. The molecule has 1 heterocycles. The molecule has 17 heavy (non-hydrogen) atoms. The number of benzene rings is 1.